The van der Waals surface area contributed by atoms with Crippen molar-refractivity contribution in [2.75, 3.05) is 5.32 Å². The van der Waals surface area contributed by atoms with Gasteiger partial charge >= 0.3 is 0 Å². The lowest BCUT2D eigenvalue weighted by Gasteiger charge is -2.11. The Kier molecular flexibility index (Phi) is 4.11. The number of rotatable bonds is 4. The fourth-order valence-electron chi connectivity index (χ4n) is 2.57. The average Bonchev–Trinajstić information content (AvgIpc) is 2.97. The lowest BCUT2D eigenvalue weighted by atomic mass is 10.1. The molecule has 0 saturated carbocycles. The van der Waals surface area contributed by atoms with Crippen LogP contribution in [0.4, 0.5) is 5.82 Å². The molecule has 1 aromatic carbocycles. The number of anilines is 1. The molecule has 0 saturated heterocycles. The van der Waals surface area contributed by atoms with Gasteiger partial charge in [0.25, 0.3) is 0 Å². The first-order valence-corrected chi connectivity index (χ1v) is 8.84. The van der Waals surface area contributed by atoms with Crippen molar-refractivity contribution < 1.29 is 9.00 Å². The molecule has 1 N–H and O–H groups in total. The number of amides is 1. The van der Waals surface area contributed by atoms with Crippen molar-refractivity contribution in [3.8, 4) is 5.69 Å². The topological polar surface area (TPSA) is 64.0 Å². The second-order valence-corrected chi connectivity index (χ2v) is 7.35. The molecule has 1 aliphatic heterocycles. The monoisotopic (exact) mass is 317 g/mol. The molecular weight excluding hydrogens is 298 g/mol. The number of fused-ring (bicyclic) bond motifs is 1. The van der Waals surface area contributed by atoms with Crippen LogP contribution in [0.25, 0.3) is 5.69 Å². The highest BCUT2D eigenvalue weighted by molar-refractivity contribution is 7.83. The van der Waals surface area contributed by atoms with E-state index in [9.17, 15) is 9.00 Å². The van der Waals surface area contributed by atoms with Gasteiger partial charge in [0.15, 0.2) is 0 Å². The largest absolute Gasteiger partial charge is 0.310 e. The highest BCUT2D eigenvalue weighted by atomic mass is 32.2. The summed E-state index contributed by atoms with van der Waals surface area (Å²) in [5.41, 5.74) is 2.61. The number of nitrogens with one attached hydrogen (secondary N) is 1. The van der Waals surface area contributed by atoms with Gasteiger partial charge in [0.05, 0.1) is 22.9 Å². The predicted molar refractivity (Wildman–Crippen MR) is 87.2 cm³/mol. The molecule has 0 fully saturated rings. The van der Waals surface area contributed by atoms with Gasteiger partial charge in [0, 0.05) is 22.8 Å². The SMILES string of the molecule is CC(C)CC(=O)Nc1c2c(nn1-c1ccccc1)C[S@](=O)C2. The van der Waals surface area contributed by atoms with E-state index in [1.54, 1.807) is 4.68 Å². The lowest BCUT2D eigenvalue weighted by Crippen LogP contribution is -2.17. The van der Waals surface area contributed by atoms with E-state index in [1.165, 1.54) is 0 Å². The number of aromatic nitrogens is 2. The third-order valence-corrected chi connectivity index (χ3v) is 4.73. The third-order valence-electron chi connectivity index (χ3n) is 3.52. The molecule has 0 unspecified atom stereocenters. The lowest BCUT2D eigenvalue weighted by molar-refractivity contribution is -0.116. The molecular formula is C16H19N3O2S. The van der Waals surface area contributed by atoms with Gasteiger partial charge in [-0.05, 0) is 18.1 Å². The van der Waals surface area contributed by atoms with E-state index in [4.69, 9.17) is 0 Å². The molecule has 2 heterocycles. The number of nitrogens with zero attached hydrogens (tertiary/aromatic N) is 2. The number of para-hydroxylation sites is 1. The van der Waals surface area contributed by atoms with Gasteiger partial charge in [-0.1, -0.05) is 32.0 Å². The molecule has 1 aromatic heterocycles. The van der Waals surface area contributed by atoms with Crippen LogP contribution in [0.15, 0.2) is 30.3 Å². The van der Waals surface area contributed by atoms with E-state index in [0.29, 0.717) is 23.7 Å². The summed E-state index contributed by atoms with van der Waals surface area (Å²) in [5.74, 6) is 1.84. The van der Waals surface area contributed by atoms with Gasteiger partial charge in [-0.15, -0.1) is 0 Å². The molecule has 116 valence electrons. The van der Waals surface area contributed by atoms with E-state index in [0.717, 1.165) is 16.9 Å². The van der Waals surface area contributed by atoms with Crippen molar-refractivity contribution in [2.24, 2.45) is 5.92 Å². The molecule has 0 radical (unpaired) electrons. The van der Waals surface area contributed by atoms with Crippen molar-refractivity contribution in [1.29, 1.82) is 0 Å². The highest BCUT2D eigenvalue weighted by Gasteiger charge is 2.28. The molecule has 1 aliphatic rings. The Balaban J connectivity index is 1.99. The van der Waals surface area contributed by atoms with E-state index in [1.807, 2.05) is 44.2 Å². The van der Waals surface area contributed by atoms with Gasteiger partial charge in [0.1, 0.15) is 5.82 Å². The number of hydrogen-bond donors (Lipinski definition) is 1. The Morgan fingerprint density at radius 2 is 2.05 bits per heavy atom. The number of carbonyl (C=O) groups is 1. The Labute approximate surface area is 132 Å². The summed E-state index contributed by atoms with van der Waals surface area (Å²) in [6.45, 7) is 4.01. The van der Waals surface area contributed by atoms with Crippen LogP contribution >= 0.6 is 0 Å². The zero-order chi connectivity index (χ0) is 15.7. The first-order valence-electron chi connectivity index (χ1n) is 7.35. The Morgan fingerprint density at radius 3 is 2.73 bits per heavy atom. The zero-order valence-electron chi connectivity index (χ0n) is 12.7. The second-order valence-electron chi connectivity index (χ2n) is 5.90. The summed E-state index contributed by atoms with van der Waals surface area (Å²) in [7, 11) is -0.916. The second kappa shape index (κ2) is 6.04. The van der Waals surface area contributed by atoms with Crippen molar-refractivity contribution in [2.45, 2.75) is 31.8 Å². The van der Waals surface area contributed by atoms with Crippen molar-refractivity contribution >= 4 is 22.5 Å². The fourth-order valence-corrected chi connectivity index (χ4v) is 3.83. The molecule has 2 aromatic rings. The average molecular weight is 317 g/mol. The van der Waals surface area contributed by atoms with Gasteiger partial charge in [-0.3, -0.25) is 9.00 Å². The minimum Gasteiger partial charge on any atom is -0.310 e. The molecule has 3 rings (SSSR count). The summed E-state index contributed by atoms with van der Waals surface area (Å²) in [5, 5.41) is 7.52. The van der Waals surface area contributed by atoms with E-state index >= 15 is 0 Å². The maximum absolute atomic E-state index is 12.2. The number of benzene rings is 1. The van der Waals surface area contributed by atoms with Crippen molar-refractivity contribution in [1.82, 2.24) is 9.78 Å². The molecule has 22 heavy (non-hydrogen) atoms. The van der Waals surface area contributed by atoms with Crippen LogP contribution in [0.2, 0.25) is 0 Å². The minimum absolute atomic E-state index is 0.0347. The summed E-state index contributed by atoms with van der Waals surface area (Å²) in [4.78, 5) is 12.2. The Morgan fingerprint density at radius 1 is 1.32 bits per heavy atom. The zero-order valence-corrected chi connectivity index (χ0v) is 13.5. The van der Waals surface area contributed by atoms with Gasteiger partial charge in [-0.2, -0.15) is 5.10 Å². The third kappa shape index (κ3) is 2.97. The predicted octanol–water partition coefficient (Wildman–Crippen LogP) is 2.62. The highest BCUT2D eigenvalue weighted by Crippen LogP contribution is 2.31. The van der Waals surface area contributed by atoms with Crippen LogP contribution in [0.5, 0.6) is 0 Å². The molecule has 1 atom stereocenters. The summed E-state index contributed by atoms with van der Waals surface area (Å²) in [6, 6.07) is 9.68. The number of hydrogen-bond acceptors (Lipinski definition) is 3. The van der Waals surface area contributed by atoms with Crippen LogP contribution in [-0.4, -0.2) is 19.9 Å². The first-order chi connectivity index (χ1) is 10.5. The minimum atomic E-state index is -0.916. The molecule has 1 amide bonds. The van der Waals surface area contributed by atoms with Gasteiger partial charge in [0.2, 0.25) is 5.91 Å². The fraction of sp³-hybridized carbons (Fsp3) is 0.375. The normalized spacial score (nSPS) is 16.8. The Hall–Kier alpha value is -1.95. The van der Waals surface area contributed by atoms with E-state index in [2.05, 4.69) is 10.4 Å². The molecule has 0 spiro atoms. The summed E-state index contributed by atoms with van der Waals surface area (Å²) >= 11 is 0. The molecule has 5 nitrogen and oxygen atoms in total. The Bertz CT molecular complexity index is 722. The number of carbonyl (C=O) groups excluding carboxylic acids is 1. The maximum atomic E-state index is 12.2. The van der Waals surface area contributed by atoms with E-state index in [-0.39, 0.29) is 11.8 Å². The summed E-state index contributed by atoms with van der Waals surface area (Å²) in [6.07, 6.45) is 0.456. The van der Waals surface area contributed by atoms with Crippen LogP contribution in [0.3, 0.4) is 0 Å². The smallest absolute Gasteiger partial charge is 0.225 e. The quantitative estimate of drug-likeness (QED) is 0.943. The van der Waals surface area contributed by atoms with Crippen LogP contribution in [-0.2, 0) is 27.1 Å². The van der Waals surface area contributed by atoms with Gasteiger partial charge < -0.3 is 5.32 Å². The van der Waals surface area contributed by atoms with E-state index < -0.39 is 10.8 Å². The molecule has 0 bridgehead atoms. The summed E-state index contributed by atoms with van der Waals surface area (Å²) < 4.78 is 13.5. The molecule has 0 aliphatic carbocycles. The van der Waals surface area contributed by atoms with Crippen LogP contribution < -0.4 is 5.32 Å². The standard InChI is InChI=1S/C16H19N3O2S/c1-11(2)8-15(20)17-16-13-9-22(21)10-14(13)18-19(16)12-6-4-3-5-7-12/h3-7,11H,8-10H2,1-2H3,(H,17,20)/t22-/m1/s1. The van der Waals surface area contributed by atoms with Crippen molar-refractivity contribution in [3.63, 3.8) is 0 Å². The van der Waals surface area contributed by atoms with Crippen molar-refractivity contribution in [3.05, 3.63) is 41.6 Å². The van der Waals surface area contributed by atoms with Crippen LogP contribution in [0, 0.1) is 5.92 Å². The maximum Gasteiger partial charge on any atom is 0.225 e. The first kappa shape index (κ1) is 15.0. The van der Waals surface area contributed by atoms with Crippen LogP contribution in [0.1, 0.15) is 31.5 Å². The molecule has 6 heteroatoms. The van der Waals surface area contributed by atoms with Gasteiger partial charge in [-0.25, -0.2) is 4.68 Å².